The molecule has 0 aliphatic heterocycles. The van der Waals surface area contributed by atoms with Gasteiger partial charge in [0, 0.05) is 18.4 Å². The molecule has 6 nitrogen and oxygen atoms in total. The van der Waals surface area contributed by atoms with Gasteiger partial charge in [-0.2, -0.15) is 0 Å². The number of esters is 2. The van der Waals surface area contributed by atoms with Gasteiger partial charge in [0.1, 0.15) is 5.78 Å². The molecule has 0 aromatic heterocycles. The number of aliphatic hydroxyl groups is 1. The Morgan fingerprint density at radius 1 is 1.18 bits per heavy atom. The topological polar surface area (TPSA) is 89.9 Å². The SMILES string of the molecule is COC(=O)/C=C1/CC[C@@H]2[C@H](C(=O)C[C@@H]3[C@]2(C)CC[C@H](O)[C@]3(C)C(=O)OC)[C@@H]1C. The average molecular weight is 392 g/mol. The van der Waals surface area contributed by atoms with Crippen LogP contribution in [0.3, 0.4) is 0 Å². The van der Waals surface area contributed by atoms with Crippen LogP contribution in [0.2, 0.25) is 0 Å². The molecule has 1 N–H and O–H groups in total. The minimum Gasteiger partial charge on any atom is -0.469 e. The van der Waals surface area contributed by atoms with Gasteiger partial charge in [0.15, 0.2) is 0 Å². The fourth-order valence-electron chi connectivity index (χ4n) is 6.53. The third-order valence-electron chi connectivity index (χ3n) is 8.22. The van der Waals surface area contributed by atoms with Gasteiger partial charge in [0.05, 0.1) is 25.7 Å². The molecule has 3 saturated carbocycles. The molecular weight excluding hydrogens is 360 g/mol. The quantitative estimate of drug-likeness (QED) is 0.574. The second-order valence-corrected chi connectivity index (χ2v) is 9.26. The maximum Gasteiger partial charge on any atom is 0.330 e. The third-order valence-corrected chi connectivity index (χ3v) is 8.22. The molecule has 3 aliphatic carbocycles. The summed E-state index contributed by atoms with van der Waals surface area (Å²) in [5, 5.41) is 10.7. The molecule has 0 radical (unpaired) electrons. The summed E-state index contributed by atoms with van der Waals surface area (Å²) in [6.07, 6.45) is 3.83. The molecule has 156 valence electrons. The average Bonchev–Trinajstić information content (AvgIpc) is 2.68. The molecule has 7 atom stereocenters. The first kappa shape index (κ1) is 21.0. The standard InChI is InChI=1S/C22H32O6/c1-12-13(10-18(25)27-4)6-7-14-19(12)15(23)11-16-21(14,2)9-8-17(24)22(16,3)20(26)28-5/h10,12,14,16-17,19,24H,6-9,11H2,1-5H3/b13-10-/t12-,14-,16-,17+,19-,21-,22-/m1/s1. The first-order valence-electron chi connectivity index (χ1n) is 10.2. The van der Waals surface area contributed by atoms with Crippen molar-refractivity contribution in [2.75, 3.05) is 14.2 Å². The summed E-state index contributed by atoms with van der Waals surface area (Å²) < 4.78 is 9.82. The summed E-state index contributed by atoms with van der Waals surface area (Å²) in [7, 11) is 2.69. The zero-order chi connectivity index (χ0) is 20.9. The highest BCUT2D eigenvalue weighted by Gasteiger charge is 2.65. The Bertz CT molecular complexity index is 712. The first-order valence-corrected chi connectivity index (χ1v) is 10.2. The van der Waals surface area contributed by atoms with Crippen molar-refractivity contribution in [1.29, 1.82) is 0 Å². The zero-order valence-corrected chi connectivity index (χ0v) is 17.5. The van der Waals surface area contributed by atoms with Gasteiger partial charge in [0.2, 0.25) is 0 Å². The van der Waals surface area contributed by atoms with Crippen LogP contribution >= 0.6 is 0 Å². The summed E-state index contributed by atoms with van der Waals surface area (Å²) in [5.74, 6) is -1.01. The second-order valence-electron chi connectivity index (χ2n) is 9.26. The van der Waals surface area contributed by atoms with Crippen molar-refractivity contribution < 1.29 is 29.0 Å². The Labute approximate surface area is 166 Å². The molecule has 28 heavy (non-hydrogen) atoms. The number of ether oxygens (including phenoxy) is 2. The van der Waals surface area contributed by atoms with E-state index in [4.69, 9.17) is 9.47 Å². The number of Topliss-reactive ketones (excluding diaryl/α,β-unsaturated/α-hetero) is 1. The van der Waals surface area contributed by atoms with Crippen LogP contribution in [0.4, 0.5) is 0 Å². The molecule has 0 spiro atoms. The van der Waals surface area contributed by atoms with Crippen molar-refractivity contribution in [1.82, 2.24) is 0 Å². The molecule has 0 unspecified atom stereocenters. The Morgan fingerprint density at radius 2 is 1.86 bits per heavy atom. The molecule has 0 bridgehead atoms. The number of carbonyl (C=O) groups excluding carboxylic acids is 3. The molecule has 6 heteroatoms. The molecule has 0 aromatic rings. The molecule has 3 rings (SSSR count). The predicted octanol–water partition coefficient (Wildman–Crippen LogP) is 2.68. The van der Waals surface area contributed by atoms with Gasteiger partial charge in [0.25, 0.3) is 0 Å². The Hall–Kier alpha value is -1.69. The van der Waals surface area contributed by atoms with Gasteiger partial charge >= 0.3 is 11.9 Å². The first-order chi connectivity index (χ1) is 13.1. The number of methoxy groups -OCH3 is 2. The van der Waals surface area contributed by atoms with Crippen LogP contribution in [0, 0.1) is 34.5 Å². The van der Waals surface area contributed by atoms with Gasteiger partial charge in [-0.1, -0.05) is 19.4 Å². The van der Waals surface area contributed by atoms with E-state index in [9.17, 15) is 19.5 Å². The zero-order valence-electron chi connectivity index (χ0n) is 17.5. The van der Waals surface area contributed by atoms with Crippen molar-refractivity contribution in [2.45, 2.75) is 59.0 Å². The number of carbonyl (C=O) groups is 3. The minimum atomic E-state index is -1.08. The summed E-state index contributed by atoms with van der Waals surface area (Å²) >= 11 is 0. The number of hydrogen-bond acceptors (Lipinski definition) is 6. The fourth-order valence-corrected chi connectivity index (χ4v) is 6.53. The molecular formula is C22H32O6. The van der Waals surface area contributed by atoms with Crippen molar-refractivity contribution >= 4 is 17.7 Å². The molecule has 3 fully saturated rings. The third kappa shape index (κ3) is 2.92. The van der Waals surface area contributed by atoms with Gasteiger partial charge in [-0.25, -0.2) is 4.79 Å². The lowest BCUT2D eigenvalue weighted by Gasteiger charge is -2.61. The largest absolute Gasteiger partial charge is 0.469 e. The number of aliphatic hydroxyl groups excluding tert-OH is 1. The van der Waals surface area contributed by atoms with E-state index in [1.54, 1.807) is 6.92 Å². The normalized spacial score (nSPS) is 44.4. The summed E-state index contributed by atoms with van der Waals surface area (Å²) in [4.78, 5) is 37.7. The van der Waals surface area contributed by atoms with Crippen molar-refractivity contribution in [3.63, 3.8) is 0 Å². The lowest BCUT2D eigenvalue weighted by atomic mass is 9.42. The van der Waals surface area contributed by atoms with E-state index in [2.05, 4.69) is 6.92 Å². The van der Waals surface area contributed by atoms with E-state index in [1.165, 1.54) is 20.3 Å². The molecule has 0 saturated heterocycles. The van der Waals surface area contributed by atoms with Crippen LogP contribution in [0.5, 0.6) is 0 Å². The van der Waals surface area contributed by atoms with Crippen molar-refractivity contribution in [3.8, 4) is 0 Å². The van der Waals surface area contributed by atoms with E-state index >= 15 is 0 Å². The van der Waals surface area contributed by atoms with Crippen LogP contribution in [0.25, 0.3) is 0 Å². The molecule has 0 aromatic carbocycles. The smallest absolute Gasteiger partial charge is 0.330 e. The summed E-state index contributed by atoms with van der Waals surface area (Å²) in [6.45, 7) is 5.95. The lowest BCUT2D eigenvalue weighted by molar-refractivity contribution is -0.197. The van der Waals surface area contributed by atoms with Gasteiger partial charge in [-0.05, 0) is 55.8 Å². The Morgan fingerprint density at radius 3 is 2.46 bits per heavy atom. The Kier molecular flexibility index (Phi) is 5.47. The van der Waals surface area contributed by atoms with Crippen LogP contribution in [0.15, 0.2) is 11.6 Å². The second kappa shape index (κ2) is 7.29. The monoisotopic (exact) mass is 392 g/mol. The minimum absolute atomic E-state index is 0.0284. The van der Waals surface area contributed by atoms with Gasteiger partial charge in [-0.3, -0.25) is 9.59 Å². The van der Waals surface area contributed by atoms with Crippen molar-refractivity contribution in [3.05, 3.63) is 11.6 Å². The number of allylic oxidation sites excluding steroid dienone is 1. The highest BCUT2D eigenvalue weighted by molar-refractivity contribution is 5.87. The maximum absolute atomic E-state index is 13.3. The van der Waals surface area contributed by atoms with Crippen LogP contribution in [-0.4, -0.2) is 43.2 Å². The van der Waals surface area contributed by atoms with Crippen molar-refractivity contribution in [2.24, 2.45) is 34.5 Å². The number of ketones is 1. The fraction of sp³-hybridized carbons (Fsp3) is 0.773. The van der Waals surface area contributed by atoms with E-state index in [0.717, 1.165) is 24.8 Å². The highest BCUT2D eigenvalue weighted by atomic mass is 16.5. The van der Waals surface area contributed by atoms with Gasteiger partial charge in [-0.15, -0.1) is 0 Å². The van der Waals surface area contributed by atoms with Gasteiger partial charge < -0.3 is 14.6 Å². The maximum atomic E-state index is 13.3. The predicted molar refractivity (Wildman–Crippen MR) is 102 cm³/mol. The Balaban J connectivity index is 1.99. The van der Waals surface area contributed by atoms with E-state index in [0.29, 0.717) is 6.42 Å². The van der Waals surface area contributed by atoms with E-state index in [1.807, 2.05) is 6.92 Å². The summed E-state index contributed by atoms with van der Waals surface area (Å²) in [5.41, 5.74) is -0.338. The summed E-state index contributed by atoms with van der Waals surface area (Å²) in [6, 6.07) is 0. The van der Waals surface area contributed by atoms with Crippen LogP contribution in [-0.2, 0) is 23.9 Å². The lowest BCUT2D eigenvalue weighted by Crippen LogP contribution is -2.63. The number of rotatable bonds is 2. The highest BCUT2D eigenvalue weighted by Crippen LogP contribution is 2.64. The molecule has 0 heterocycles. The van der Waals surface area contributed by atoms with Crippen LogP contribution < -0.4 is 0 Å². The van der Waals surface area contributed by atoms with Crippen LogP contribution in [0.1, 0.15) is 52.9 Å². The number of hydrogen-bond donors (Lipinski definition) is 1. The van der Waals surface area contributed by atoms with E-state index < -0.39 is 17.5 Å². The van der Waals surface area contributed by atoms with E-state index in [-0.39, 0.29) is 47.3 Å². The number of fused-ring (bicyclic) bond motifs is 3. The molecule has 3 aliphatic rings. The molecule has 0 amide bonds.